The summed E-state index contributed by atoms with van der Waals surface area (Å²) in [6, 6.07) is 0. The fraction of sp³-hybridized carbons (Fsp3) is 0.556. The number of hydrogen-bond acceptors (Lipinski definition) is 3. The lowest BCUT2D eigenvalue weighted by atomic mass is 10.2. The van der Waals surface area contributed by atoms with Gasteiger partial charge in [0.15, 0.2) is 0 Å². The number of rotatable bonds is 3. The second kappa shape index (κ2) is 4.16. The first-order chi connectivity index (χ1) is 5.68. The Hall–Kier alpha value is -0.960. The minimum Gasteiger partial charge on any atom is -0.393 e. The van der Waals surface area contributed by atoms with Gasteiger partial charge in [0.2, 0.25) is 0 Å². The van der Waals surface area contributed by atoms with Crippen molar-refractivity contribution in [1.82, 2.24) is 9.97 Å². The molecule has 0 aromatic carbocycles. The monoisotopic (exact) mass is 166 g/mol. The lowest BCUT2D eigenvalue weighted by Gasteiger charge is -2.02. The molecule has 0 aliphatic rings. The van der Waals surface area contributed by atoms with Crippen LogP contribution in [-0.4, -0.2) is 21.2 Å². The molecule has 1 atom stereocenters. The van der Waals surface area contributed by atoms with Gasteiger partial charge in [-0.15, -0.1) is 0 Å². The standard InChI is InChI=1S/C9H14N2O/c1-7-5-11-9(6-10-7)4-3-8(2)12/h5-6,8,12H,3-4H2,1-2H3/t8-/m0/s1. The normalized spacial score (nSPS) is 12.9. The molecule has 1 aromatic heterocycles. The van der Waals surface area contributed by atoms with Crippen LogP contribution in [0.4, 0.5) is 0 Å². The Balaban J connectivity index is 2.48. The largest absolute Gasteiger partial charge is 0.393 e. The van der Waals surface area contributed by atoms with Crippen molar-refractivity contribution in [3.05, 3.63) is 23.8 Å². The fourth-order valence-corrected chi connectivity index (χ4v) is 0.905. The third-order valence-electron chi connectivity index (χ3n) is 1.65. The van der Waals surface area contributed by atoms with Crippen LogP contribution in [0.3, 0.4) is 0 Å². The summed E-state index contributed by atoms with van der Waals surface area (Å²) in [7, 11) is 0. The van der Waals surface area contributed by atoms with Gasteiger partial charge in [-0.05, 0) is 26.7 Å². The Labute approximate surface area is 72.5 Å². The van der Waals surface area contributed by atoms with Crippen molar-refractivity contribution in [2.75, 3.05) is 0 Å². The smallest absolute Gasteiger partial charge is 0.0587 e. The minimum atomic E-state index is -0.256. The second-order valence-corrected chi connectivity index (χ2v) is 3.04. The summed E-state index contributed by atoms with van der Waals surface area (Å²) in [5.74, 6) is 0. The summed E-state index contributed by atoms with van der Waals surface area (Å²) in [5, 5.41) is 9.02. The molecule has 0 saturated carbocycles. The van der Waals surface area contributed by atoms with E-state index in [1.54, 1.807) is 19.3 Å². The Bertz CT molecular complexity index is 231. The molecule has 0 aliphatic heterocycles. The molecule has 0 saturated heterocycles. The third-order valence-corrected chi connectivity index (χ3v) is 1.65. The van der Waals surface area contributed by atoms with E-state index >= 15 is 0 Å². The van der Waals surface area contributed by atoms with Gasteiger partial charge in [0, 0.05) is 12.4 Å². The van der Waals surface area contributed by atoms with Gasteiger partial charge in [0.25, 0.3) is 0 Å². The Kier molecular flexibility index (Phi) is 3.17. The molecule has 3 heteroatoms. The number of aromatic nitrogens is 2. The average molecular weight is 166 g/mol. The number of nitrogens with zero attached hydrogens (tertiary/aromatic N) is 2. The molecule has 0 amide bonds. The van der Waals surface area contributed by atoms with Crippen molar-refractivity contribution in [3.63, 3.8) is 0 Å². The lowest BCUT2D eigenvalue weighted by molar-refractivity contribution is 0.184. The van der Waals surface area contributed by atoms with Crippen molar-refractivity contribution in [3.8, 4) is 0 Å². The van der Waals surface area contributed by atoms with E-state index in [2.05, 4.69) is 9.97 Å². The molecule has 1 N–H and O–H groups in total. The Morgan fingerprint density at radius 1 is 1.42 bits per heavy atom. The first kappa shape index (κ1) is 9.13. The van der Waals surface area contributed by atoms with Crippen molar-refractivity contribution >= 4 is 0 Å². The van der Waals surface area contributed by atoms with Crippen LogP contribution in [0.1, 0.15) is 24.7 Å². The van der Waals surface area contributed by atoms with E-state index in [1.165, 1.54) is 0 Å². The molecule has 1 aromatic rings. The fourth-order valence-electron chi connectivity index (χ4n) is 0.905. The molecule has 12 heavy (non-hydrogen) atoms. The van der Waals surface area contributed by atoms with Gasteiger partial charge in [0.1, 0.15) is 0 Å². The van der Waals surface area contributed by atoms with Crippen molar-refractivity contribution in [1.29, 1.82) is 0 Å². The topological polar surface area (TPSA) is 46.0 Å². The highest BCUT2D eigenvalue weighted by Crippen LogP contribution is 2.00. The summed E-state index contributed by atoms with van der Waals surface area (Å²) in [6.07, 6.45) is 4.80. The molecule has 0 bridgehead atoms. The van der Waals surface area contributed by atoms with Gasteiger partial charge in [0.05, 0.1) is 17.5 Å². The predicted molar refractivity (Wildman–Crippen MR) is 46.8 cm³/mol. The van der Waals surface area contributed by atoms with E-state index in [4.69, 9.17) is 5.11 Å². The van der Waals surface area contributed by atoms with Crippen LogP contribution in [-0.2, 0) is 6.42 Å². The van der Waals surface area contributed by atoms with Gasteiger partial charge >= 0.3 is 0 Å². The molecular weight excluding hydrogens is 152 g/mol. The first-order valence-corrected chi connectivity index (χ1v) is 4.14. The maximum Gasteiger partial charge on any atom is 0.0587 e. The third kappa shape index (κ3) is 2.96. The molecule has 0 radical (unpaired) electrons. The molecule has 3 nitrogen and oxygen atoms in total. The van der Waals surface area contributed by atoms with Crippen LogP contribution in [0.25, 0.3) is 0 Å². The molecule has 1 heterocycles. The van der Waals surface area contributed by atoms with E-state index in [1.807, 2.05) is 6.92 Å². The van der Waals surface area contributed by atoms with Gasteiger partial charge < -0.3 is 5.11 Å². The Morgan fingerprint density at radius 3 is 2.67 bits per heavy atom. The van der Waals surface area contributed by atoms with Gasteiger partial charge in [-0.2, -0.15) is 0 Å². The van der Waals surface area contributed by atoms with Gasteiger partial charge in [-0.3, -0.25) is 9.97 Å². The number of hydrogen-bond donors (Lipinski definition) is 1. The van der Waals surface area contributed by atoms with Crippen LogP contribution < -0.4 is 0 Å². The molecule has 0 aliphatic carbocycles. The molecule has 0 spiro atoms. The minimum absolute atomic E-state index is 0.256. The van der Waals surface area contributed by atoms with Crippen LogP contribution >= 0.6 is 0 Å². The molecule has 0 fully saturated rings. The van der Waals surface area contributed by atoms with E-state index in [-0.39, 0.29) is 6.10 Å². The SMILES string of the molecule is Cc1cnc(CC[C@H](C)O)cn1. The molecule has 66 valence electrons. The zero-order valence-corrected chi connectivity index (χ0v) is 7.49. The summed E-state index contributed by atoms with van der Waals surface area (Å²) in [4.78, 5) is 8.29. The highest BCUT2D eigenvalue weighted by atomic mass is 16.3. The number of aliphatic hydroxyl groups is 1. The zero-order chi connectivity index (χ0) is 8.97. The second-order valence-electron chi connectivity index (χ2n) is 3.04. The highest BCUT2D eigenvalue weighted by Gasteiger charge is 1.98. The lowest BCUT2D eigenvalue weighted by Crippen LogP contribution is -2.03. The average Bonchev–Trinajstić information content (AvgIpc) is 2.03. The zero-order valence-electron chi connectivity index (χ0n) is 7.49. The number of aryl methyl sites for hydroxylation is 2. The van der Waals surface area contributed by atoms with Crippen molar-refractivity contribution < 1.29 is 5.11 Å². The number of aliphatic hydroxyl groups excluding tert-OH is 1. The summed E-state index contributed by atoms with van der Waals surface area (Å²) in [5.41, 5.74) is 1.87. The maximum absolute atomic E-state index is 9.02. The molecule has 0 unspecified atom stereocenters. The summed E-state index contributed by atoms with van der Waals surface area (Å²) < 4.78 is 0. The van der Waals surface area contributed by atoms with Crippen LogP contribution in [0, 0.1) is 6.92 Å². The molecule has 1 rings (SSSR count). The van der Waals surface area contributed by atoms with Crippen LogP contribution in [0.5, 0.6) is 0 Å². The van der Waals surface area contributed by atoms with E-state index in [0.717, 1.165) is 24.2 Å². The van der Waals surface area contributed by atoms with Gasteiger partial charge in [-0.1, -0.05) is 0 Å². The first-order valence-electron chi connectivity index (χ1n) is 4.14. The molecular formula is C9H14N2O. The van der Waals surface area contributed by atoms with E-state index in [9.17, 15) is 0 Å². The van der Waals surface area contributed by atoms with Crippen molar-refractivity contribution in [2.24, 2.45) is 0 Å². The van der Waals surface area contributed by atoms with Crippen LogP contribution in [0.15, 0.2) is 12.4 Å². The summed E-state index contributed by atoms with van der Waals surface area (Å²) >= 11 is 0. The van der Waals surface area contributed by atoms with E-state index < -0.39 is 0 Å². The summed E-state index contributed by atoms with van der Waals surface area (Å²) in [6.45, 7) is 3.69. The Morgan fingerprint density at radius 2 is 2.17 bits per heavy atom. The predicted octanol–water partition coefficient (Wildman–Crippen LogP) is 1.10. The maximum atomic E-state index is 9.02. The van der Waals surface area contributed by atoms with E-state index in [0.29, 0.717) is 0 Å². The van der Waals surface area contributed by atoms with Crippen molar-refractivity contribution in [2.45, 2.75) is 32.8 Å². The van der Waals surface area contributed by atoms with Crippen LogP contribution in [0.2, 0.25) is 0 Å². The quantitative estimate of drug-likeness (QED) is 0.731. The highest BCUT2D eigenvalue weighted by molar-refractivity contribution is 5.00. The van der Waals surface area contributed by atoms with Gasteiger partial charge in [-0.25, -0.2) is 0 Å².